The SMILES string of the molecule is CC.CCOC(=O)C(SCC(=O)O)c1ccc(Cl)cc1.CS. The lowest BCUT2D eigenvalue weighted by Crippen LogP contribution is -2.15. The van der Waals surface area contributed by atoms with Crippen LogP contribution >= 0.6 is 36.0 Å². The molecule has 0 heterocycles. The summed E-state index contributed by atoms with van der Waals surface area (Å²) in [4.78, 5) is 22.3. The highest BCUT2D eigenvalue weighted by atomic mass is 35.5. The first-order chi connectivity index (χ1) is 10.5. The maximum Gasteiger partial charge on any atom is 0.323 e. The maximum absolute atomic E-state index is 11.8. The Bertz CT molecular complexity index is 424. The lowest BCUT2D eigenvalue weighted by atomic mass is 10.1. The molecule has 0 aromatic heterocycles. The number of carboxylic acid groups (broad SMARTS) is 1. The number of hydrogen-bond acceptors (Lipinski definition) is 5. The number of esters is 1. The first-order valence-electron chi connectivity index (χ1n) is 6.74. The van der Waals surface area contributed by atoms with Crippen molar-refractivity contribution in [2.45, 2.75) is 26.0 Å². The predicted octanol–water partition coefficient (Wildman–Crippen LogP) is 4.33. The van der Waals surface area contributed by atoms with Crippen LogP contribution in [-0.4, -0.2) is 35.7 Å². The number of carboxylic acids is 1. The molecule has 1 unspecified atom stereocenters. The molecule has 4 nitrogen and oxygen atoms in total. The Labute approximate surface area is 147 Å². The molecule has 1 rings (SSSR count). The van der Waals surface area contributed by atoms with Gasteiger partial charge in [0.05, 0.1) is 12.4 Å². The van der Waals surface area contributed by atoms with Gasteiger partial charge in [-0.1, -0.05) is 37.6 Å². The van der Waals surface area contributed by atoms with E-state index in [1.54, 1.807) is 37.4 Å². The summed E-state index contributed by atoms with van der Waals surface area (Å²) in [5, 5.41) is 8.59. The molecular formula is C15H23ClO4S2. The quantitative estimate of drug-likeness (QED) is 0.579. The van der Waals surface area contributed by atoms with Gasteiger partial charge in [0.25, 0.3) is 0 Å². The van der Waals surface area contributed by atoms with Crippen molar-refractivity contribution in [3.05, 3.63) is 34.9 Å². The van der Waals surface area contributed by atoms with E-state index in [1.807, 2.05) is 13.8 Å². The van der Waals surface area contributed by atoms with Crippen LogP contribution in [0.15, 0.2) is 24.3 Å². The van der Waals surface area contributed by atoms with Crippen molar-refractivity contribution in [3.63, 3.8) is 0 Å². The van der Waals surface area contributed by atoms with Crippen molar-refractivity contribution < 1.29 is 19.4 Å². The fraction of sp³-hybridized carbons (Fsp3) is 0.467. The van der Waals surface area contributed by atoms with Crippen LogP contribution in [0.5, 0.6) is 0 Å². The maximum atomic E-state index is 11.8. The molecule has 0 aliphatic carbocycles. The summed E-state index contributed by atoms with van der Waals surface area (Å²) in [5.41, 5.74) is 0.684. The van der Waals surface area contributed by atoms with Crippen LogP contribution in [0.2, 0.25) is 5.02 Å². The third-order valence-electron chi connectivity index (χ3n) is 2.05. The monoisotopic (exact) mass is 366 g/mol. The third kappa shape index (κ3) is 9.97. The molecule has 0 aliphatic heterocycles. The number of rotatable bonds is 6. The molecule has 0 saturated heterocycles. The molecule has 1 aromatic carbocycles. The lowest BCUT2D eigenvalue weighted by molar-refractivity contribution is -0.142. The van der Waals surface area contributed by atoms with Crippen molar-refractivity contribution in [2.24, 2.45) is 0 Å². The van der Waals surface area contributed by atoms with E-state index in [2.05, 4.69) is 12.6 Å². The number of benzene rings is 1. The Balaban J connectivity index is 0. The largest absolute Gasteiger partial charge is 0.481 e. The summed E-state index contributed by atoms with van der Waals surface area (Å²) in [6, 6.07) is 6.70. The van der Waals surface area contributed by atoms with Crippen molar-refractivity contribution in [1.82, 2.24) is 0 Å². The van der Waals surface area contributed by atoms with Gasteiger partial charge >= 0.3 is 11.9 Å². The van der Waals surface area contributed by atoms with Crippen LogP contribution in [0, 0.1) is 0 Å². The average Bonchev–Trinajstić information content (AvgIpc) is 2.53. The van der Waals surface area contributed by atoms with Gasteiger partial charge in [0.2, 0.25) is 0 Å². The normalized spacial score (nSPS) is 10.3. The number of thiol groups is 1. The molecule has 22 heavy (non-hydrogen) atoms. The number of thioether (sulfide) groups is 1. The van der Waals surface area contributed by atoms with Crippen LogP contribution in [0.25, 0.3) is 0 Å². The Morgan fingerprint density at radius 1 is 1.27 bits per heavy atom. The second-order valence-electron chi connectivity index (χ2n) is 3.39. The van der Waals surface area contributed by atoms with Gasteiger partial charge in [0.1, 0.15) is 5.25 Å². The Morgan fingerprint density at radius 3 is 2.18 bits per heavy atom. The molecule has 1 N–H and O–H groups in total. The zero-order valence-electron chi connectivity index (χ0n) is 13.2. The Morgan fingerprint density at radius 2 is 1.77 bits per heavy atom. The van der Waals surface area contributed by atoms with Crippen molar-refractivity contribution >= 4 is 47.9 Å². The molecule has 0 spiro atoms. The Hall–Kier alpha value is -0.850. The topological polar surface area (TPSA) is 63.6 Å². The molecule has 0 fully saturated rings. The summed E-state index contributed by atoms with van der Waals surface area (Å²) in [5.74, 6) is -1.57. The van der Waals surface area contributed by atoms with Crippen LogP contribution in [0.3, 0.4) is 0 Å². The minimum Gasteiger partial charge on any atom is -0.481 e. The molecule has 0 bridgehead atoms. The molecule has 1 aromatic rings. The number of carbonyl (C=O) groups excluding carboxylic acids is 1. The summed E-state index contributed by atoms with van der Waals surface area (Å²) in [6.07, 6.45) is 1.69. The highest BCUT2D eigenvalue weighted by Gasteiger charge is 2.23. The summed E-state index contributed by atoms with van der Waals surface area (Å²) < 4.78 is 4.94. The van der Waals surface area contributed by atoms with E-state index in [-0.39, 0.29) is 12.4 Å². The number of hydrogen-bond donors (Lipinski definition) is 2. The van der Waals surface area contributed by atoms with E-state index in [4.69, 9.17) is 21.4 Å². The molecular weight excluding hydrogens is 344 g/mol. The van der Waals surface area contributed by atoms with E-state index in [0.717, 1.165) is 11.8 Å². The van der Waals surface area contributed by atoms with Gasteiger partial charge < -0.3 is 9.84 Å². The van der Waals surface area contributed by atoms with Gasteiger partial charge in [-0.2, -0.15) is 12.6 Å². The molecule has 0 amide bonds. The van der Waals surface area contributed by atoms with E-state index >= 15 is 0 Å². The fourth-order valence-electron chi connectivity index (χ4n) is 1.31. The van der Waals surface area contributed by atoms with Gasteiger partial charge in [-0.05, 0) is 30.9 Å². The zero-order valence-corrected chi connectivity index (χ0v) is 15.7. The highest BCUT2D eigenvalue weighted by Crippen LogP contribution is 2.30. The first kappa shape index (κ1) is 23.4. The fourth-order valence-corrected chi connectivity index (χ4v) is 2.30. The van der Waals surface area contributed by atoms with Crippen LogP contribution in [0.1, 0.15) is 31.6 Å². The second kappa shape index (κ2) is 15.1. The number of ether oxygens (including phenoxy) is 1. The third-order valence-corrected chi connectivity index (χ3v) is 3.51. The Kier molecular flexibility index (Phi) is 16.0. The van der Waals surface area contributed by atoms with Gasteiger partial charge in [-0.3, -0.25) is 9.59 Å². The summed E-state index contributed by atoms with van der Waals surface area (Å²) in [6.45, 7) is 5.97. The molecule has 0 saturated carbocycles. The number of halogens is 1. The summed E-state index contributed by atoms with van der Waals surface area (Å²) in [7, 11) is 0. The van der Waals surface area contributed by atoms with E-state index in [1.165, 1.54) is 0 Å². The molecule has 0 aliphatic rings. The van der Waals surface area contributed by atoms with E-state index in [0.29, 0.717) is 10.6 Å². The molecule has 126 valence electrons. The van der Waals surface area contributed by atoms with E-state index in [9.17, 15) is 9.59 Å². The summed E-state index contributed by atoms with van der Waals surface area (Å²) >= 11 is 10.3. The van der Waals surface area contributed by atoms with Crippen LogP contribution < -0.4 is 0 Å². The van der Waals surface area contributed by atoms with Gasteiger partial charge in [0.15, 0.2) is 0 Å². The lowest BCUT2D eigenvalue weighted by Gasteiger charge is -2.14. The molecule has 0 radical (unpaired) electrons. The highest BCUT2D eigenvalue weighted by molar-refractivity contribution is 8.00. The van der Waals surface area contributed by atoms with Gasteiger partial charge in [-0.25, -0.2) is 0 Å². The minimum absolute atomic E-state index is 0.161. The number of carbonyl (C=O) groups is 2. The molecule has 7 heteroatoms. The van der Waals surface area contributed by atoms with Crippen LogP contribution in [0.4, 0.5) is 0 Å². The van der Waals surface area contributed by atoms with Crippen molar-refractivity contribution in [2.75, 3.05) is 18.6 Å². The van der Waals surface area contributed by atoms with Crippen molar-refractivity contribution in [3.8, 4) is 0 Å². The minimum atomic E-state index is -0.969. The van der Waals surface area contributed by atoms with Crippen molar-refractivity contribution in [1.29, 1.82) is 0 Å². The smallest absolute Gasteiger partial charge is 0.323 e. The van der Waals surface area contributed by atoms with Gasteiger partial charge in [-0.15, -0.1) is 11.8 Å². The first-order valence-corrected chi connectivity index (χ1v) is 9.07. The molecule has 1 atom stereocenters. The number of aliphatic carboxylic acids is 1. The van der Waals surface area contributed by atoms with Gasteiger partial charge in [0, 0.05) is 5.02 Å². The predicted molar refractivity (Wildman–Crippen MR) is 97.2 cm³/mol. The second-order valence-corrected chi connectivity index (χ2v) is 4.92. The van der Waals surface area contributed by atoms with Crippen LogP contribution in [-0.2, 0) is 14.3 Å². The zero-order chi connectivity index (χ0) is 17.5. The average molecular weight is 367 g/mol. The van der Waals surface area contributed by atoms with E-state index < -0.39 is 17.2 Å². The standard InChI is InChI=1S/C12H13ClO4S.C2H6.CH4S/c1-2-17-12(16)11(18-7-10(14)15)8-3-5-9(13)6-4-8;2*1-2/h3-6,11H,2,7H2,1H3,(H,14,15);1-2H3;2H,1H3.